The standard InChI is InChI=1S/C11H15BrO2/c1-8(7-12)11-9(13-2)5-4-6-10(11)14-3/h4-6,8H,7H2,1-3H3. The van der Waals surface area contributed by atoms with E-state index in [0.29, 0.717) is 5.92 Å². The third kappa shape index (κ3) is 2.21. The van der Waals surface area contributed by atoms with Crippen LogP contribution in [0.5, 0.6) is 11.5 Å². The van der Waals surface area contributed by atoms with Gasteiger partial charge in [0, 0.05) is 10.9 Å². The van der Waals surface area contributed by atoms with Gasteiger partial charge in [0.2, 0.25) is 0 Å². The number of benzene rings is 1. The van der Waals surface area contributed by atoms with Gasteiger partial charge in [0.15, 0.2) is 0 Å². The lowest BCUT2D eigenvalue weighted by molar-refractivity contribution is 0.382. The van der Waals surface area contributed by atoms with Crippen molar-refractivity contribution in [1.29, 1.82) is 0 Å². The molecule has 1 aromatic rings. The molecule has 1 unspecified atom stereocenters. The van der Waals surface area contributed by atoms with E-state index in [4.69, 9.17) is 9.47 Å². The Morgan fingerprint density at radius 1 is 1.21 bits per heavy atom. The van der Waals surface area contributed by atoms with Crippen molar-refractivity contribution in [3.63, 3.8) is 0 Å². The van der Waals surface area contributed by atoms with Gasteiger partial charge in [-0.15, -0.1) is 0 Å². The molecule has 0 heterocycles. The van der Waals surface area contributed by atoms with Gasteiger partial charge in [-0.25, -0.2) is 0 Å². The minimum atomic E-state index is 0.376. The van der Waals surface area contributed by atoms with Crippen molar-refractivity contribution in [1.82, 2.24) is 0 Å². The zero-order valence-corrected chi connectivity index (χ0v) is 10.3. The van der Waals surface area contributed by atoms with Gasteiger partial charge in [-0.3, -0.25) is 0 Å². The highest BCUT2D eigenvalue weighted by molar-refractivity contribution is 9.09. The van der Waals surface area contributed by atoms with E-state index in [1.165, 1.54) is 0 Å². The van der Waals surface area contributed by atoms with Crippen LogP contribution in [0, 0.1) is 0 Å². The van der Waals surface area contributed by atoms with Crippen LogP contribution in [0.25, 0.3) is 0 Å². The molecular formula is C11H15BrO2. The number of hydrogen-bond donors (Lipinski definition) is 0. The van der Waals surface area contributed by atoms with Crippen LogP contribution >= 0.6 is 15.9 Å². The van der Waals surface area contributed by atoms with E-state index in [9.17, 15) is 0 Å². The Bertz CT molecular complexity index is 277. The fraction of sp³-hybridized carbons (Fsp3) is 0.455. The maximum atomic E-state index is 5.31. The van der Waals surface area contributed by atoms with Gasteiger partial charge in [0.05, 0.1) is 14.2 Å². The first kappa shape index (κ1) is 11.4. The number of hydrogen-bond acceptors (Lipinski definition) is 2. The number of alkyl halides is 1. The number of halogens is 1. The van der Waals surface area contributed by atoms with Crippen LogP contribution in [0.4, 0.5) is 0 Å². The first-order valence-electron chi connectivity index (χ1n) is 4.51. The van der Waals surface area contributed by atoms with Crippen molar-refractivity contribution < 1.29 is 9.47 Å². The summed E-state index contributed by atoms with van der Waals surface area (Å²) in [4.78, 5) is 0. The molecule has 2 nitrogen and oxygen atoms in total. The predicted octanol–water partition coefficient (Wildman–Crippen LogP) is 3.20. The van der Waals surface area contributed by atoms with Crippen LogP contribution in [0.1, 0.15) is 18.4 Å². The van der Waals surface area contributed by atoms with E-state index < -0.39 is 0 Å². The van der Waals surface area contributed by atoms with E-state index in [2.05, 4.69) is 22.9 Å². The van der Waals surface area contributed by atoms with Crippen LogP contribution in [-0.4, -0.2) is 19.5 Å². The quantitative estimate of drug-likeness (QED) is 0.773. The minimum Gasteiger partial charge on any atom is -0.496 e. The molecule has 0 aliphatic carbocycles. The van der Waals surface area contributed by atoms with Gasteiger partial charge < -0.3 is 9.47 Å². The first-order valence-corrected chi connectivity index (χ1v) is 5.63. The molecule has 0 aromatic heterocycles. The summed E-state index contributed by atoms with van der Waals surface area (Å²) < 4.78 is 10.6. The zero-order chi connectivity index (χ0) is 10.6. The van der Waals surface area contributed by atoms with Crippen LogP contribution < -0.4 is 9.47 Å². The third-order valence-corrected chi connectivity index (χ3v) is 3.16. The molecule has 1 aromatic carbocycles. The summed E-state index contributed by atoms with van der Waals surface area (Å²) in [7, 11) is 3.36. The molecule has 0 saturated heterocycles. The smallest absolute Gasteiger partial charge is 0.126 e. The second-order valence-electron chi connectivity index (χ2n) is 3.13. The lowest BCUT2D eigenvalue weighted by atomic mass is 10.0. The normalized spacial score (nSPS) is 12.3. The molecule has 0 bridgehead atoms. The van der Waals surface area contributed by atoms with E-state index in [-0.39, 0.29) is 0 Å². The molecule has 1 rings (SSSR count). The molecule has 0 amide bonds. The summed E-state index contributed by atoms with van der Waals surface area (Å²) in [5, 5.41) is 0.893. The highest BCUT2D eigenvalue weighted by Crippen LogP contribution is 2.35. The average Bonchev–Trinajstić information content (AvgIpc) is 2.26. The van der Waals surface area contributed by atoms with Gasteiger partial charge >= 0.3 is 0 Å². The maximum Gasteiger partial charge on any atom is 0.126 e. The Labute approximate surface area is 93.4 Å². The lowest BCUT2D eigenvalue weighted by Crippen LogP contribution is -2.01. The van der Waals surface area contributed by atoms with Gasteiger partial charge in [-0.2, -0.15) is 0 Å². The largest absolute Gasteiger partial charge is 0.496 e. The lowest BCUT2D eigenvalue weighted by Gasteiger charge is -2.16. The predicted molar refractivity (Wildman–Crippen MR) is 61.8 cm³/mol. The average molecular weight is 259 g/mol. The Kier molecular flexibility index (Phi) is 4.26. The minimum absolute atomic E-state index is 0.376. The van der Waals surface area contributed by atoms with Crippen LogP contribution in [0.15, 0.2) is 18.2 Å². The van der Waals surface area contributed by atoms with Crippen molar-refractivity contribution in [3.8, 4) is 11.5 Å². The van der Waals surface area contributed by atoms with Crippen molar-refractivity contribution in [2.24, 2.45) is 0 Å². The Hall–Kier alpha value is -0.700. The van der Waals surface area contributed by atoms with E-state index >= 15 is 0 Å². The Morgan fingerprint density at radius 3 is 2.07 bits per heavy atom. The maximum absolute atomic E-state index is 5.31. The molecule has 0 N–H and O–H groups in total. The van der Waals surface area contributed by atoms with Gasteiger partial charge in [0.1, 0.15) is 11.5 Å². The Morgan fingerprint density at radius 2 is 1.71 bits per heavy atom. The summed E-state index contributed by atoms with van der Waals surface area (Å²) in [6.45, 7) is 2.13. The molecule has 0 aliphatic rings. The molecule has 78 valence electrons. The highest BCUT2D eigenvalue weighted by Gasteiger charge is 2.15. The molecule has 14 heavy (non-hydrogen) atoms. The van der Waals surface area contributed by atoms with E-state index in [1.807, 2.05) is 18.2 Å². The van der Waals surface area contributed by atoms with Crippen molar-refractivity contribution in [3.05, 3.63) is 23.8 Å². The second-order valence-corrected chi connectivity index (χ2v) is 3.78. The number of rotatable bonds is 4. The molecule has 1 atom stereocenters. The van der Waals surface area contributed by atoms with Crippen LogP contribution in [-0.2, 0) is 0 Å². The molecule has 0 fully saturated rings. The SMILES string of the molecule is COc1cccc(OC)c1C(C)CBr. The molecule has 0 saturated carbocycles. The zero-order valence-electron chi connectivity index (χ0n) is 8.71. The summed E-state index contributed by atoms with van der Waals surface area (Å²) in [6.07, 6.45) is 0. The van der Waals surface area contributed by atoms with Crippen molar-refractivity contribution in [2.45, 2.75) is 12.8 Å². The molecular weight excluding hydrogens is 244 g/mol. The summed E-state index contributed by atoms with van der Waals surface area (Å²) >= 11 is 3.47. The topological polar surface area (TPSA) is 18.5 Å². The number of ether oxygens (including phenoxy) is 2. The number of methoxy groups -OCH3 is 2. The van der Waals surface area contributed by atoms with Crippen LogP contribution in [0.3, 0.4) is 0 Å². The summed E-state index contributed by atoms with van der Waals surface area (Å²) in [5.74, 6) is 2.15. The fourth-order valence-corrected chi connectivity index (χ4v) is 1.77. The molecule has 0 radical (unpaired) electrons. The monoisotopic (exact) mass is 258 g/mol. The first-order chi connectivity index (χ1) is 6.74. The van der Waals surface area contributed by atoms with Crippen LogP contribution in [0.2, 0.25) is 0 Å². The second kappa shape index (κ2) is 5.25. The summed E-state index contributed by atoms with van der Waals surface area (Å²) in [5.41, 5.74) is 1.12. The molecule has 3 heteroatoms. The van der Waals surface area contributed by atoms with Gasteiger partial charge in [-0.1, -0.05) is 28.9 Å². The fourth-order valence-electron chi connectivity index (χ4n) is 1.44. The van der Waals surface area contributed by atoms with E-state index in [1.54, 1.807) is 14.2 Å². The summed E-state index contributed by atoms with van der Waals surface area (Å²) in [6, 6.07) is 5.84. The van der Waals surface area contributed by atoms with Crippen molar-refractivity contribution >= 4 is 15.9 Å². The third-order valence-electron chi connectivity index (χ3n) is 2.19. The molecule has 0 spiro atoms. The van der Waals surface area contributed by atoms with E-state index in [0.717, 1.165) is 22.4 Å². The Balaban J connectivity index is 3.18. The van der Waals surface area contributed by atoms with Crippen molar-refractivity contribution in [2.75, 3.05) is 19.5 Å². The van der Waals surface area contributed by atoms with Gasteiger partial charge in [-0.05, 0) is 18.1 Å². The van der Waals surface area contributed by atoms with Gasteiger partial charge in [0.25, 0.3) is 0 Å². The molecule has 0 aliphatic heterocycles. The highest BCUT2D eigenvalue weighted by atomic mass is 79.9.